The first kappa shape index (κ1) is 72.1. The predicted octanol–water partition coefficient (Wildman–Crippen LogP) is 14.8. The van der Waals surface area contributed by atoms with Gasteiger partial charge in [0.05, 0.1) is 39.6 Å². The minimum atomic E-state index is -4.14. The van der Waals surface area contributed by atoms with Gasteiger partial charge in [0.1, 0.15) is 0 Å². The van der Waals surface area contributed by atoms with Crippen molar-refractivity contribution in [3.8, 4) is 0 Å². The van der Waals surface area contributed by atoms with E-state index in [1.165, 1.54) is 0 Å². The molecule has 0 saturated heterocycles. The molecule has 0 radical (unpaired) electrons. The van der Waals surface area contributed by atoms with Gasteiger partial charge in [-0.1, -0.05) is 199 Å². The maximum absolute atomic E-state index is 11.8. The Hall–Kier alpha value is 1.52. The van der Waals surface area contributed by atoms with Crippen LogP contribution in [0.15, 0.2) is 0 Å². The third-order valence-corrected chi connectivity index (χ3v) is 14.9. The molecule has 6 atom stereocenters. The van der Waals surface area contributed by atoms with Gasteiger partial charge >= 0.3 is 35.6 Å². The quantitative estimate of drug-likeness (QED) is 0.0530. The fraction of sp³-hybridized carbons (Fsp3) is 1.00. The van der Waals surface area contributed by atoms with Crippen LogP contribution in [0, 0.1) is 71.1 Å². The van der Waals surface area contributed by atoms with Crippen LogP contribution in [0.4, 0.5) is 0 Å². The largest absolute Gasteiger partial charge is 3.00 e. The molecule has 0 aromatic rings. The Morgan fingerprint density at radius 3 is 0.516 bits per heavy atom. The van der Waals surface area contributed by atoms with Crippen LogP contribution in [0.3, 0.4) is 0 Å². The second-order valence-corrected chi connectivity index (χ2v) is 21.8. The van der Waals surface area contributed by atoms with E-state index in [4.69, 9.17) is 27.1 Å². The molecule has 64 heavy (non-hydrogen) atoms. The third kappa shape index (κ3) is 45.9. The van der Waals surface area contributed by atoms with E-state index in [1.54, 1.807) is 0 Å². The van der Waals surface area contributed by atoms with Crippen molar-refractivity contribution in [1.29, 1.82) is 0 Å². The molecule has 0 aromatic carbocycles. The van der Waals surface area contributed by atoms with Crippen molar-refractivity contribution in [3.05, 3.63) is 0 Å². The summed E-state index contributed by atoms with van der Waals surface area (Å²) in [5.41, 5.74) is 0. The number of rotatable bonds is 42. The number of hydrogen-bond donors (Lipinski definition) is 0. The smallest absolute Gasteiger partial charge is 0.756 e. The van der Waals surface area contributed by atoms with Gasteiger partial charge < -0.3 is 41.8 Å². The summed E-state index contributed by atoms with van der Waals surface area (Å²) >= 11 is 0. The van der Waals surface area contributed by atoms with Gasteiger partial charge in [-0.3, -0.25) is 13.7 Å². The van der Waals surface area contributed by atoms with Gasteiger partial charge in [0, 0.05) is 0 Å². The Morgan fingerprint density at radius 1 is 0.297 bits per heavy atom. The Balaban J connectivity index is -0.000000419. The molecule has 0 heterocycles. The zero-order valence-electron chi connectivity index (χ0n) is 43.5. The van der Waals surface area contributed by atoms with Crippen molar-refractivity contribution in [2.45, 2.75) is 237 Å². The van der Waals surface area contributed by atoms with Crippen molar-refractivity contribution in [2.75, 3.05) is 39.6 Å². The zero-order valence-corrected chi connectivity index (χ0v) is 49.8. The van der Waals surface area contributed by atoms with Gasteiger partial charge in [0.15, 0.2) is 0 Å². The summed E-state index contributed by atoms with van der Waals surface area (Å²) in [6, 6.07) is 0. The molecule has 0 spiro atoms. The van der Waals surface area contributed by atoms with Crippen LogP contribution in [-0.2, 0) is 40.8 Å². The molecule has 0 rings (SSSR count). The van der Waals surface area contributed by atoms with Crippen LogP contribution in [-0.4, -0.2) is 39.6 Å². The van der Waals surface area contributed by atoms with Gasteiger partial charge in [0.2, 0.25) is 0 Å². The summed E-state index contributed by atoms with van der Waals surface area (Å²) in [7, 11) is -12.4. The molecule has 0 aromatic heterocycles. The molecule has 0 amide bonds. The summed E-state index contributed by atoms with van der Waals surface area (Å²) in [6.07, 6.45) is 25.1. The van der Waals surface area contributed by atoms with E-state index >= 15 is 0 Å². The molecular formula is C48H102LaO12P3. The van der Waals surface area contributed by atoms with Crippen molar-refractivity contribution in [1.82, 2.24) is 0 Å². The van der Waals surface area contributed by atoms with E-state index in [2.05, 4.69) is 83.1 Å². The maximum atomic E-state index is 11.8. The Bertz CT molecular complexity index is 919. The maximum Gasteiger partial charge on any atom is 3.00 e. The molecule has 12 nitrogen and oxygen atoms in total. The summed E-state index contributed by atoms with van der Waals surface area (Å²) in [5.74, 6) is 1.82. The number of phosphoric ester groups is 3. The van der Waals surface area contributed by atoms with E-state index in [0.29, 0.717) is 35.5 Å². The van der Waals surface area contributed by atoms with E-state index in [9.17, 15) is 28.4 Å². The summed E-state index contributed by atoms with van der Waals surface area (Å²) < 4.78 is 65.7. The van der Waals surface area contributed by atoms with Crippen LogP contribution < -0.4 is 14.7 Å². The van der Waals surface area contributed by atoms with Crippen molar-refractivity contribution < 1.29 is 91.1 Å². The minimum absolute atomic E-state index is 0. The predicted molar refractivity (Wildman–Crippen MR) is 258 cm³/mol. The number of unbranched alkanes of at least 4 members (excludes halogenated alkanes) is 6. The van der Waals surface area contributed by atoms with Crippen LogP contribution in [0.5, 0.6) is 0 Å². The summed E-state index contributed by atoms with van der Waals surface area (Å²) in [6.45, 7) is 26.7. The number of phosphoric acid groups is 3. The van der Waals surface area contributed by atoms with Crippen LogP contribution in [0.25, 0.3) is 0 Å². The molecule has 384 valence electrons. The Labute approximate surface area is 424 Å². The minimum Gasteiger partial charge on any atom is -0.756 e. The average molecular weight is 1100 g/mol. The molecule has 0 aliphatic carbocycles. The van der Waals surface area contributed by atoms with E-state index in [0.717, 1.165) is 154 Å². The second kappa shape index (κ2) is 48.2. The zero-order chi connectivity index (χ0) is 48.4. The standard InChI is InChI=1S/3C16H35O4P.La/c3*1-5-9-11-15(7-3)13-19-21(17,18)20-14-16(8-4)12-10-6-2;/h3*15-16H,5-14H2,1-4H3,(H,17,18);/q;;;+3/p-3. The molecule has 16 heteroatoms. The van der Waals surface area contributed by atoms with E-state index < -0.39 is 23.5 Å². The van der Waals surface area contributed by atoms with Gasteiger partial charge in [-0.05, 0) is 74.0 Å². The molecule has 0 N–H and O–H groups in total. The van der Waals surface area contributed by atoms with Crippen molar-refractivity contribution in [2.24, 2.45) is 35.5 Å². The van der Waals surface area contributed by atoms with Crippen LogP contribution >= 0.6 is 23.5 Å². The van der Waals surface area contributed by atoms with Gasteiger partial charge in [-0.25, -0.2) is 0 Å². The topological polar surface area (TPSA) is 176 Å². The first-order valence-electron chi connectivity index (χ1n) is 25.8. The van der Waals surface area contributed by atoms with Crippen LogP contribution in [0.2, 0.25) is 0 Å². The molecule has 0 aliphatic heterocycles. The molecule has 6 unspecified atom stereocenters. The first-order valence-corrected chi connectivity index (χ1v) is 30.1. The molecule has 0 fully saturated rings. The Morgan fingerprint density at radius 2 is 0.422 bits per heavy atom. The van der Waals surface area contributed by atoms with E-state index in [-0.39, 0.29) is 75.2 Å². The summed E-state index contributed by atoms with van der Waals surface area (Å²) in [5, 5.41) is 0. The number of hydrogen-bond acceptors (Lipinski definition) is 12. The Kier molecular flexibility index (Phi) is 54.2. The van der Waals surface area contributed by atoms with Crippen molar-refractivity contribution >= 4 is 23.5 Å². The second-order valence-electron chi connectivity index (χ2n) is 17.6. The average Bonchev–Trinajstić information content (AvgIpc) is 3.27. The summed E-state index contributed by atoms with van der Waals surface area (Å²) in [4.78, 5) is 35.4. The normalized spacial score (nSPS) is 17.1. The fourth-order valence-corrected chi connectivity index (χ4v) is 9.26. The third-order valence-electron chi connectivity index (χ3n) is 12.1. The molecule has 0 bridgehead atoms. The molecule has 0 saturated carbocycles. The first-order chi connectivity index (χ1) is 30.0. The monoisotopic (exact) mass is 1100 g/mol. The molecular weight excluding hydrogens is 1000 g/mol. The van der Waals surface area contributed by atoms with Crippen LogP contribution in [0.1, 0.15) is 237 Å². The van der Waals surface area contributed by atoms with Gasteiger partial charge in [-0.15, -0.1) is 0 Å². The van der Waals surface area contributed by atoms with E-state index in [1.807, 2.05) is 0 Å². The fourth-order valence-electron chi connectivity index (χ4n) is 6.68. The molecule has 0 aliphatic rings. The van der Waals surface area contributed by atoms with Gasteiger partial charge in [-0.2, -0.15) is 0 Å². The van der Waals surface area contributed by atoms with Gasteiger partial charge in [0.25, 0.3) is 23.5 Å². The van der Waals surface area contributed by atoms with Crippen molar-refractivity contribution in [3.63, 3.8) is 0 Å². The SMILES string of the molecule is CCCCC(CC)COP(=O)([O-])OCC(CC)CCCC.CCCCC(CC)COP(=O)([O-])OCC(CC)CCCC.CCCCC(CC)COP(=O)([O-])OCC(CC)CCCC.[La+3].